The molecular weight excluding hydrogens is 447 g/mol. The number of carbonyl (C=O) groups excluding carboxylic acids is 1. The number of carbonyl (C=O) groups is 1. The average molecular weight is 460 g/mol. The minimum absolute atomic E-state index is 0.0885. The number of piperidine rings is 1. The second-order valence-corrected chi connectivity index (χ2v) is 6.79. The standard InChI is InChI=1S/C13H13BrF2INO2/c14-9-5-10(17)7-11(6-9)20-8-12(19)18-3-1-13(15,16)2-4-18/h5-7H,1-4,8H2. The molecule has 0 aliphatic carbocycles. The van der Waals surface area contributed by atoms with Crippen LogP contribution in [0, 0.1) is 3.57 Å². The Morgan fingerprint density at radius 1 is 1.35 bits per heavy atom. The van der Waals surface area contributed by atoms with Gasteiger partial charge in [0.25, 0.3) is 11.8 Å². The molecule has 20 heavy (non-hydrogen) atoms. The fraction of sp³-hybridized carbons (Fsp3) is 0.462. The van der Waals surface area contributed by atoms with E-state index in [0.29, 0.717) is 5.75 Å². The first-order valence-electron chi connectivity index (χ1n) is 6.10. The predicted octanol–water partition coefficient (Wildman–Crippen LogP) is 3.69. The van der Waals surface area contributed by atoms with Crippen LogP contribution < -0.4 is 4.74 Å². The molecule has 0 aromatic heterocycles. The zero-order valence-corrected chi connectivity index (χ0v) is 14.3. The van der Waals surface area contributed by atoms with Crippen molar-refractivity contribution in [2.24, 2.45) is 0 Å². The minimum atomic E-state index is -2.64. The molecule has 0 bridgehead atoms. The SMILES string of the molecule is O=C(COc1cc(Br)cc(I)c1)N1CCC(F)(F)CC1. The molecule has 1 aromatic carbocycles. The molecule has 2 rings (SSSR count). The number of alkyl halides is 2. The van der Waals surface area contributed by atoms with Gasteiger partial charge in [0.2, 0.25) is 0 Å². The zero-order chi connectivity index (χ0) is 14.8. The van der Waals surface area contributed by atoms with Gasteiger partial charge < -0.3 is 9.64 Å². The van der Waals surface area contributed by atoms with Crippen molar-refractivity contribution in [3.8, 4) is 5.75 Å². The van der Waals surface area contributed by atoms with Gasteiger partial charge in [-0.25, -0.2) is 8.78 Å². The van der Waals surface area contributed by atoms with Crippen molar-refractivity contribution in [2.45, 2.75) is 18.8 Å². The second kappa shape index (κ2) is 6.55. The number of halogens is 4. The van der Waals surface area contributed by atoms with Crippen LogP contribution in [0.2, 0.25) is 0 Å². The molecule has 1 amide bonds. The van der Waals surface area contributed by atoms with E-state index in [4.69, 9.17) is 4.74 Å². The van der Waals surface area contributed by atoms with Crippen LogP contribution in [0.5, 0.6) is 5.75 Å². The van der Waals surface area contributed by atoms with E-state index in [1.807, 2.05) is 12.1 Å². The van der Waals surface area contributed by atoms with Gasteiger partial charge in [0.1, 0.15) is 5.75 Å². The third-order valence-electron chi connectivity index (χ3n) is 3.05. The van der Waals surface area contributed by atoms with E-state index in [9.17, 15) is 13.6 Å². The van der Waals surface area contributed by atoms with Gasteiger partial charge in [0.15, 0.2) is 6.61 Å². The monoisotopic (exact) mass is 459 g/mol. The molecule has 7 heteroatoms. The molecule has 1 aliphatic heterocycles. The lowest BCUT2D eigenvalue weighted by Crippen LogP contribution is -2.44. The van der Waals surface area contributed by atoms with Gasteiger partial charge in [0, 0.05) is 34.0 Å². The van der Waals surface area contributed by atoms with Crippen LogP contribution in [0.25, 0.3) is 0 Å². The van der Waals surface area contributed by atoms with Gasteiger partial charge in [0.05, 0.1) is 0 Å². The summed E-state index contributed by atoms with van der Waals surface area (Å²) < 4.78 is 33.3. The largest absolute Gasteiger partial charge is 0.484 e. The quantitative estimate of drug-likeness (QED) is 0.645. The molecule has 1 aromatic rings. The van der Waals surface area contributed by atoms with Gasteiger partial charge in [-0.05, 0) is 40.8 Å². The Kier molecular flexibility index (Phi) is 5.22. The van der Waals surface area contributed by atoms with Crippen molar-refractivity contribution in [3.05, 3.63) is 26.2 Å². The van der Waals surface area contributed by atoms with Crippen LogP contribution >= 0.6 is 38.5 Å². The van der Waals surface area contributed by atoms with E-state index in [-0.39, 0.29) is 38.4 Å². The van der Waals surface area contributed by atoms with Crippen LogP contribution in [0.3, 0.4) is 0 Å². The molecule has 1 aliphatic rings. The Balaban J connectivity index is 1.86. The number of hydrogen-bond donors (Lipinski definition) is 0. The van der Waals surface area contributed by atoms with Crippen LogP contribution in [0.15, 0.2) is 22.7 Å². The Morgan fingerprint density at radius 3 is 2.60 bits per heavy atom. The number of hydrogen-bond acceptors (Lipinski definition) is 2. The molecule has 0 unspecified atom stereocenters. The van der Waals surface area contributed by atoms with E-state index >= 15 is 0 Å². The lowest BCUT2D eigenvalue weighted by molar-refractivity contribution is -0.139. The number of likely N-dealkylation sites (tertiary alicyclic amines) is 1. The molecule has 1 saturated heterocycles. The lowest BCUT2D eigenvalue weighted by Gasteiger charge is -2.31. The topological polar surface area (TPSA) is 29.5 Å². The normalized spacial score (nSPS) is 17.9. The first-order chi connectivity index (χ1) is 9.35. The highest BCUT2D eigenvalue weighted by Crippen LogP contribution is 2.28. The highest BCUT2D eigenvalue weighted by Gasteiger charge is 2.35. The number of ether oxygens (including phenoxy) is 1. The van der Waals surface area contributed by atoms with E-state index in [0.717, 1.165) is 8.04 Å². The maximum absolute atomic E-state index is 13.0. The van der Waals surface area contributed by atoms with Gasteiger partial charge in [-0.3, -0.25) is 4.79 Å². The predicted molar refractivity (Wildman–Crippen MR) is 83.1 cm³/mol. The van der Waals surface area contributed by atoms with Crippen molar-refractivity contribution in [2.75, 3.05) is 19.7 Å². The van der Waals surface area contributed by atoms with Crippen molar-refractivity contribution in [1.29, 1.82) is 0 Å². The minimum Gasteiger partial charge on any atom is -0.484 e. The Hall–Kier alpha value is -0.440. The van der Waals surface area contributed by atoms with E-state index < -0.39 is 5.92 Å². The van der Waals surface area contributed by atoms with Gasteiger partial charge in [-0.2, -0.15) is 0 Å². The first-order valence-corrected chi connectivity index (χ1v) is 7.97. The summed E-state index contributed by atoms with van der Waals surface area (Å²) in [6.45, 7) is 0.0501. The first kappa shape index (κ1) is 15.9. The van der Waals surface area contributed by atoms with Gasteiger partial charge in [-0.15, -0.1) is 0 Å². The highest BCUT2D eigenvalue weighted by molar-refractivity contribution is 14.1. The third kappa shape index (κ3) is 4.54. The van der Waals surface area contributed by atoms with Crippen LogP contribution in [0.1, 0.15) is 12.8 Å². The summed E-state index contributed by atoms with van der Waals surface area (Å²) in [7, 11) is 0. The number of benzene rings is 1. The molecule has 0 radical (unpaired) electrons. The molecule has 0 atom stereocenters. The molecule has 0 spiro atoms. The molecule has 1 heterocycles. The Morgan fingerprint density at radius 2 is 2.00 bits per heavy atom. The second-order valence-electron chi connectivity index (χ2n) is 4.63. The van der Waals surface area contributed by atoms with E-state index in [1.165, 1.54) is 4.90 Å². The van der Waals surface area contributed by atoms with Gasteiger partial charge in [-0.1, -0.05) is 15.9 Å². The lowest BCUT2D eigenvalue weighted by atomic mass is 10.1. The molecule has 3 nitrogen and oxygen atoms in total. The third-order valence-corrected chi connectivity index (χ3v) is 4.13. The smallest absolute Gasteiger partial charge is 0.260 e. The highest BCUT2D eigenvalue weighted by atomic mass is 127. The van der Waals surface area contributed by atoms with E-state index in [2.05, 4.69) is 38.5 Å². The maximum Gasteiger partial charge on any atom is 0.260 e. The molecule has 0 N–H and O–H groups in total. The van der Waals surface area contributed by atoms with Crippen LogP contribution in [-0.2, 0) is 4.79 Å². The summed E-state index contributed by atoms with van der Waals surface area (Å²) in [5.74, 6) is -2.31. The summed E-state index contributed by atoms with van der Waals surface area (Å²) >= 11 is 5.49. The van der Waals surface area contributed by atoms with E-state index in [1.54, 1.807) is 6.07 Å². The number of rotatable bonds is 3. The van der Waals surface area contributed by atoms with Crippen molar-refractivity contribution in [1.82, 2.24) is 4.90 Å². The Bertz CT molecular complexity index is 483. The molecule has 1 fully saturated rings. The van der Waals surface area contributed by atoms with Crippen LogP contribution in [-0.4, -0.2) is 36.4 Å². The average Bonchev–Trinajstić information content (AvgIpc) is 2.35. The molecule has 110 valence electrons. The molecular formula is C13H13BrF2INO2. The fourth-order valence-electron chi connectivity index (χ4n) is 1.93. The van der Waals surface area contributed by atoms with Crippen LogP contribution in [0.4, 0.5) is 8.78 Å². The molecule has 0 saturated carbocycles. The zero-order valence-electron chi connectivity index (χ0n) is 10.5. The summed E-state index contributed by atoms with van der Waals surface area (Å²) in [5.41, 5.74) is 0. The maximum atomic E-state index is 13.0. The Labute approximate surface area is 137 Å². The summed E-state index contributed by atoms with van der Waals surface area (Å²) in [6.07, 6.45) is -0.541. The summed E-state index contributed by atoms with van der Waals surface area (Å²) in [4.78, 5) is 13.3. The van der Waals surface area contributed by atoms with Gasteiger partial charge >= 0.3 is 0 Å². The summed E-state index contributed by atoms with van der Waals surface area (Å²) in [5, 5.41) is 0. The summed E-state index contributed by atoms with van der Waals surface area (Å²) in [6, 6.07) is 5.49. The fourth-order valence-corrected chi connectivity index (χ4v) is 3.47. The van der Waals surface area contributed by atoms with Crippen molar-refractivity contribution in [3.63, 3.8) is 0 Å². The van der Waals surface area contributed by atoms with Crippen molar-refractivity contribution < 1.29 is 18.3 Å². The number of amides is 1. The number of nitrogens with zero attached hydrogens (tertiary/aromatic N) is 1. The van der Waals surface area contributed by atoms with Crippen molar-refractivity contribution >= 4 is 44.4 Å².